The van der Waals surface area contributed by atoms with Crippen molar-refractivity contribution in [2.75, 3.05) is 6.61 Å². The monoisotopic (exact) mass is 306 g/mol. The third kappa shape index (κ3) is 2.55. The molecule has 3 aromatic rings. The number of imidazole rings is 1. The van der Waals surface area contributed by atoms with E-state index in [1.165, 1.54) is 24.8 Å². The Kier molecular flexibility index (Phi) is 3.66. The number of benzene rings is 2. The summed E-state index contributed by atoms with van der Waals surface area (Å²) in [5, 5.41) is 10.0. The molecule has 0 spiro atoms. The van der Waals surface area contributed by atoms with E-state index < -0.39 is 0 Å². The van der Waals surface area contributed by atoms with Gasteiger partial charge in [0.05, 0.1) is 17.6 Å². The lowest BCUT2D eigenvalue weighted by Gasteiger charge is -2.36. The molecule has 0 bridgehead atoms. The van der Waals surface area contributed by atoms with Crippen LogP contribution in [0.3, 0.4) is 0 Å². The van der Waals surface area contributed by atoms with Crippen LogP contribution in [0.1, 0.15) is 37.7 Å². The predicted molar refractivity (Wildman–Crippen MR) is 93.4 cm³/mol. The Balaban J connectivity index is 1.76. The number of nitrogens with one attached hydrogen (secondary N) is 1. The van der Waals surface area contributed by atoms with E-state index in [4.69, 9.17) is 4.98 Å². The summed E-state index contributed by atoms with van der Waals surface area (Å²) in [5.74, 6) is 0.900. The first-order chi connectivity index (χ1) is 11.3. The second kappa shape index (κ2) is 5.82. The van der Waals surface area contributed by atoms with Crippen molar-refractivity contribution >= 4 is 11.0 Å². The van der Waals surface area contributed by atoms with Gasteiger partial charge >= 0.3 is 0 Å². The van der Waals surface area contributed by atoms with Gasteiger partial charge in [-0.3, -0.25) is 0 Å². The molecule has 1 heterocycles. The lowest BCUT2D eigenvalue weighted by molar-refractivity contribution is 0.152. The van der Waals surface area contributed by atoms with E-state index in [2.05, 4.69) is 29.2 Å². The summed E-state index contributed by atoms with van der Waals surface area (Å²) in [4.78, 5) is 8.10. The number of hydrogen-bond acceptors (Lipinski definition) is 2. The summed E-state index contributed by atoms with van der Waals surface area (Å²) in [5.41, 5.74) is 4.32. The molecule has 0 unspecified atom stereocenters. The van der Waals surface area contributed by atoms with Crippen LogP contribution in [0.4, 0.5) is 0 Å². The zero-order valence-corrected chi connectivity index (χ0v) is 13.3. The maximum atomic E-state index is 10.0. The van der Waals surface area contributed by atoms with Crippen LogP contribution in [0.15, 0.2) is 48.5 Å². The molecule has 0 saturated heterocycles. The Morgan fingerprint density at radius 2 is 1.83 bits per heavy atom. The highest BCUT2D eigenvalue weighted by atomic mass is 16.3. The molecule has 4 rings (SSSR count). The van der Waals surface area contributed by atoms with Crippen LogP contribution >= 0.6 is 0 Å². The number of aromatic amines is 1. The van der Waals surface area contributed by atoms with E-state index in [-0.39, 0.29) is 12.0 Å². The van der Waals surface area contributed by atoms with Crippen molar-refractivity contribution in [2.45, 2.75) is 37.5 Å². The predicted octanol–water partition coefficient (Wildman–Crippen LogP) is 4.42. The van der Waals surface area contributed by atoms with Gasteiger partial charge in [0.25, 0.3) is 0 Å². The molecular weight excluding hydrogens is 284 g/mol. The van der Waals surface area contributed by atoms with Crippen LogP contribution in [0.25, 0.3) is 22.4 Å². The average Bonchev–Trinajstić information content (AvgIpc) is 3.07. The number of aromatic nitrogens is 2. The minimum Gasteiger partial charge on any atom is -0.395 e. The van der Waals surface area contributed by atoms with Crippen LogP contribution in [-0.4, -0.2) is 21.7 Å². The Hall–Kier alpha value is -2.13. The normalized spacial score (nSPS) is 17.4. The third-order valence-electron chi connectivity index (χ3n) is 5.25. The first kappa shape index (κ1) is 14.5. The Morgan fingerprint density at radius 3 is 2.61 bits per heavy atom. The van der Waals surface area contributed by atoms with Gasteiger partial charge in [-0.05, 0) is 36.6 Å². The smallest absolute Gasteiger partial charge is 0.138 e. The lowest BCUT2D eigenvalue weighted by atomic mass is 9.70. The summed E-state index contributed by atoms with van der Waals surface area (Å²) in [6.45, 7) is 0.233. The van der Waals surface area contributed by atoms with Gasteiger partial charge in [0.15, 0.2) is 0 Å². The Bertz CT molecular complexity index is 782. The van der Waals surface area contributed by atoms with Gasteiger partial charge < -0.3 is 10.1 Å². The number of fused-ring (bicyclic) bond motifs is 1. The van der Waals surface area contributed by atoms with Gasteiger partial charge in [-0.25, -0.2) is 4.98 Å². The SMILES string of the molecule is OCC1(c2cccc(-c3nc4ccccc4[nH]3)c2)CCCCC1. The molecule has 0 amide bonds. The maximum absolute atomic E-state index is 10.0. The average molecular weight is 306 g/mol. The quantitative estimate of drug-likeness (QED) is 0.752. The molecule has 3 heteroatoms. The first-order valence-corrected chi connectivity index (χ1v) is 8.47. The summed E-state index contributed by atoms with van der Waals surface area (Å²) >= 11 is 0. The van der Waals surface area contributed by atoms with Gasteiger partial charge in [0.1, 0.15) is 5.82 Å². The molecular formula is C20H22N2O. The molecule has 0 atom stereocenters. The van der Waals surface area contributed by atoms with E-state index >= 15 is 0 Å². The van der Waals surface area contributed by atoms with E-state index in [0.29, 0.717) is 0 Å². The molecule has 1 aliphatic rings. The highest BCUT2D eigenvalue weighted by Gasteiger charge is 2.33. The standard InChI is InChI=1S/C20H22N2O/c23-14-20(11-4-1-5-12-20)16-8-6-7-15(13-16)19-21-17-9-2-3-10-18(17)22-19/h2-3,6-10,13,23H,1,4-5,11-12,14H2,(H,21,22). The van der Waals surface area contributed by atoms with Crippen LogP contribution in [0.5, 0.6) is 0 Å². The highest BCUT2D eigenvalue weighted by molar-refractivity contribution is 5.79. The van der Waals surface area contributed by atoms with Crippen molar-refractivity contribution in [2.24, 2.45) is 0 Å². The van der Waals surface area contributed by atoms with Crippen molar-refractivity contribution in [3.8, 4) is 11.4 Å². The van der Waals surface area contributed by atoms with Crippen LogP contribution in [0.2, 0.25) is 0 Å². The van der Waals surface area contributed by atoms with E-state index in [0.717, 1.165) is 35.3 Å². The largest absolute Gasteiger partial charge is 0.395 e. The molecule has 1 fully saturated rings. The number of para-hydroxylation sites is 2. The fourth-order valence-corrected chi connectivity index (χ4v) is 3.85. The molecule has 2 aromatic carbocycles. The molecule has 1 saturated carbocycles. The van der Waals surface area contributed by atoms with Crippen molar-refractivity contribution in [1.29, 1.82) is 0 Å². The number of hydrogen-bond donors (Lipinski definition) is 2. The maximum Gasteiger partial charge on any atom is 0.138 e. The van der Waals surface area contributed by atoms with Crippen LogP contribution < -0.4 is 0 Å². The van der Waals surface area contributed by atoms with Gasteiger partial charge in [0.2, 0.25) is 0 Å². The van der Waals surface area contributed by atoms with Crippen LogP contribution in [0, 0.1) is 0 Å². The van der Waals surface area contributed by atoms with Crippen molar-refractivity contribution in [1.82, 2.24) is 9.97 Å². The molecule has 23 heavy (non-hydrogen) atoms. The summed E-state index contributed by atoms with van der Waals surface area (Å²) < 4.78 is 0. The first-order valence-electron chi connectivity index (χ1n) is 8.47. The third-order valence-corrected chi connectivity index (χ3v) is 5.25. The summed E-state index contributed by atoms with van der Waals surface area (Å²) in [7, 11) is 0. The number of H-pyrrole nitrogens is 1. The highest BCUT2D eigenvalue weighted by Crippen LogP contribution is 2.40. The fraction of sp³-hybridized carbons (Fsp3) is 0.350. The van der Waals surface area contributed by atoms with Gasteiger partial charge in [-0.2, -0.15) is 0 Å². The van der Waals surface area contributed by atoms with Gasteiger partial charge in [-0.15, -0.1) is 0 Å². The van der Waals surface area contributed by atoms with E-state index in [1.807, 2.05) is 24.3 Å². The van der Waals surface area contributed by atoms with Crippen LogP contribution in [-0.2, 0) is 5.41 Å². The Labute approximate surface area is 136 Å². The zero-order chi connectivity index (χ0) is 15.7. The topological polar surface area (TPSA) is 48.9 Å². The number of rotatable bonds is 3. The Morgan fingerprint density at radius 1 is 1.00 bits per heavy atom. The molecule has 1 aliphatic carbocycles. The van der Waals surface area contributed by atoms with Gasteiger partial charge in [0, 0.05) is 11.0 Å². The number of aliphatic hydroxyl groups is 1. The zero-order valence-electron chi connectivity index (χ0n) is 13.3. The summed E-state index contributed by atoms with van der Waals surface area (Å²) in [6, 6.07) is 16.6. The molecule has 2 N–H and O–H groups in total. The molecule has 0 aliphatic heterocycles. The van der Waals surface area contributed by atoms with Crippen molar-refractivity contribution < 1.29 is 5.11 Å². The summed E-state index contributed by atoms with van der Waals surface area (Å²) in [6.07, 6.45) is 5.84. The van der Waals surface area contributed by atoms with E-state index in [9.17, 15) is 5.11 Å². The molecule has 3 nitrogen and oxygen atoms in total. The molecule has 118 valence electrons. The minimum atomic E-state index is -0.0692. The number of nitrogens with zero attached hydrogens (tertiary/aromatic N) is 1. The lowest BCUT2D eigenvalue weighted by Crippen LogP contribution is -2.33. The fourth-order valence-electron chi connectivity index (χ4n) is 3.85. The van der Waals surface area contributed by atoms with Crippen molar-refractivity contribution in [3.63, 3.8) is 0 Å². The van der Waals surface area contributed by atoms with E-state index in [1.54, 1.807) is 0 Å². The minimum absolute atomic E-state index is 0.0692. The second-order valence-corrected chi connectivity index (χ2v) is 6.68. The van der Waals surface area contributed by atoms with Crippen molar-refractivity contribution in [3.05, 3.63) is 54.1 Å². The van der Waals surface area contributed by atoms with Gasteiger partial charge in [-0.1, -0.05) is 49.6 Å². The second-order valence-electron chi connectivity index (χ2n) is 6.68. The number of aliphatic hydroxyl groups excluding tert-OH is 1. The molecule has 0 radical (unpaired) electrons. The molecule has 1 aromatic heterocycles.